The van der Waals surface area contributed by atoms with E-state index in [-0.39, 0.29) is 18.0 Å². The number of nitrogens with zero attached hydrogens (tertiary/aromatic N) is 4. The second kappa shape index (κ2) is 8.67. The van der Waals surface area contributed by atoms with Gasteiger partial charge >= 0.3 is 0 Å². The SMILES string of the molecule is COc1ccc(C2=NN(C(=O)CN3CCC[C@H]3c3cccn3C)[C@@H](c3ccco3)C2)cc1. The number of carbonyl (C=O) groups excluding carboxylic acids is 1. The Bertz CT molecular complexity index is 1100. The van der Waals surface area contributed by atoms with Crippen LogP contribution in [0.1, 0.15) is 48.4 Å². The first-order valence-corrected chi connectivity index (χ1v) is 11.1. The Hall–Kier alpha value is -3.32. The fraction of sp³-hybridized carbons (Fsp3) is 0.360. The van der Waals surface area contributed by atoms with E-state index < -0.39 is 0 Å². The number of carbonyl (C=O) groups is 1. The zero-order valence-corrected chi connectivity index (χ0v) is 18.5. The number of rotatable bonds is 6. The summed E-state index contributed by atoms with van der Waals surface area (Å²) < 4.78 is 13.1. The van der Waals surface area contributed by atoms with E-state index in [1.54, 1.807) is 18.4 Å². The second-order valence-electron chi connectivity index (χ2n) is 8.42. The van der Waals surface area contributed by atoms with Crippen LogP contribution in [0.15, 0.2) is 70.5 Å². The summed E-state index contributed by atoms with van der Waals surface area (Å²) >= 11 is 0. The normalized spacial score (nSPS) is 21.2. The van der Waals surface area contributed by atoms with Crippen LogP contribution in [0.4, 0.5) is 0 Å². The number of hydrazone groups is 1. The molecule has 0 aliphatic carbocycles. The molecule has 2 aromatic heterocycles. The predicted octanol–water partition coefficient (Wildman–Crippen LogP) is 4.14. The molecule has 1 saturated heterocycles. The third kappa shape index (κ3) is 3.84. The molecular weight excluding hydrogens is 404 g/mol. The molecule has 0 saturated carbocycles. The van der Waals surface area contributed by atoms with Crippen LogP contribution in [0.5, 0.6) is 5.75 Å². The van der Waals surface area contributed by atoms with E-state index in [2.05, 4.69) is 34.8 Å². The molecule has 5 rings (SSSR count). The Labute approximate surface area is 187 Å². The first-order valence-electron chi connectivity index (χ1n) is 11.1. The summed E-state index contributed by atoms with van der Waals surface area (Å²) in [5.74, 6) is 1.55. The summed E-state index contributed by atoms with van der Waals surface area (Å²) in [7, 11) is 3.71. The molecule has 3 aromatic rings. The van der Waals surface area contributed by atoms with E-state index in [0.29, 0.717) is 13.0 Å². The minimum absolute atomic E-state index is 0.00368. The van der Waals surface area contributed by atoms with E-state index in [1.807, 2.05) is 36.4 Å². The van der Waals surface area contributed by atoms with Gasteiger partial charge in [0.25, 0.3) is 5.91 Å². The smallest absolute Gasteiger partial charge is 0.257 e. The quantitative estimate of drug-likeness (QED) is 0.587. The Morgan fingerprint density at radius 2 is 2.00 bits per heavy atom. The van der Waals surface area contributed by atoms with Gasteiger partial charge in [0.05, 0.1) is 31.7 Å². The summed E-state index contributed by atoms with van der Waals surface area (Å²) in [5.41, 5.74) is 3.12. The highest BCUT2D eigenvalue weighted by molar-refractivity contribution is 6.03. The van der Waals surface area contributed by atoms with Gasteiger partial charge in [-0.05, 0) is 73.5 Å². The molecule has 4 heterocycles. The molecule has 166 valence electrons. The fourth-order valence-corrected chi connectivity index (χ4v) is 4.82. The average molecular weight is 433 g/mol. The molecule has 0 N–H and O–H groups in total. The highest BCUT2D eigenvalue weighted by atomic mass is 16.5. The molecule has 1 fully saturated rings. The van der Waals surface area contributed by atoms with Crippen LogP contribution in [-0.4, -0.2) is 46.3 Å². The fourth-order valence-electron chi connectivity index (χ4n) is 4.82. The zero-order valence-electron chi connectivity index (χ0n) is 18.5. The van der Waals surface area contributed by atoms with Crippen molar-refractivity contribution in [1.82, 2.24) is 14.5 Å². The van der Waals surface area contributed by atoms with Gasteiger partial charge in [0.15, 0.2) is 0 Å². The number of aryl methyl sites for hydroxylation is 1. The summed E-state index contributed by atoms with van der Waals surface area (Å²) in [4.78, 5) is 15.8. The molecule has 2 aliphatic heterocycles. The molecule has 1 amide bonds. The van der Waals surface area contributed by atoms with Crippen molar-refractivity contribution in [2.75, 3.05) is 20.2 Å². The Kier molecular flexibility index (Phi) is 5.57. The van der Waals surface area contributed by atoms with Gasteiger partial charge < -0.3 is 13.7 Å². The summed E-state index contributed by atoms with van der Waals surface area (Å²) in [6, 6.07) is 15.8. The highest BCUT2D eigenvalue weighted by Gasteiger charge is 2.37. The summed E-state index contributed by atoms with van der Waals surface area (Å²) in [5, 5.41) is 6.39. The lowest BCUT2D eigenvalue weighted by molar-refractivity contribution is -0.134. The van der Waals surface area contributed by atoms with Crippen molar-refractivity contribution in [2.45, 2.75) is 31.3 Å². The van der Waals surface area contributed by atoms with Gasteiger partial charge in [-0.25, -0.2) is 5.01 Å². The largest absolute Gasteiger partial charge is 0.497 e. The van der Waals surface area contributed by atoms with Crippen LogP contribution in [0.2, 0.25) is 0 Å². The van der Waals surface area contributed by atoms with E-state index in [4.69, 9.17) is 14.3 Å². The minimum Gasteiger partial charge on any atom is -0.497 e. The molecular formula is C25H28N4O3. The number of likely N-dealkylation sites (tertiary alicyclic amines) is 1. The van der Waals surface area contributed by atoms with Crippen LogP contribution in [0.3, 0.4) is 0 Å². The third-order valence-electron chi connectivity index (χ3n) is 6.49. The van der Waals surface area contributed by atoms with Crippen LogP contribution in [-0.2, 0) is 11.8 Å². The van der Waals surface area contributed by atoms with Gasteiger partial charge in [-0.15, -0.1) is 0 Å². The van der Waals surface area contributed by atoms with Crippen molar-refractivity contribution >= 4 is 11.6 Å². The second-order valence-corrected chi connectivity index (χ2v) is 8.42. The lowest BCUT2D eigenvalue weighted by atomic mass is 10.0. The molecule has 0 radical (unpaired) electrons. The van der Waals surface area contributed by atoms with Crippen molar-refractivity contribution in [3.63, 3.8) is 0 Å². The number of amides is 1. The first kappa shape index (κ1) is 20.6. The summed E-state index contributed by atoms with van der Waals surface area (Å²) in [6.45, 7) is 1.25. The topological polar surface area (TPSA) is 63.2 Å². The molecule has 0 bridgehead atoms. The molecule has 2 aliphatic rings. The monoisotopic (exact) mass is 432 g/mol. The molecule has 1 aromatic carbocycles. The molecule has 0 unspecified atom stereocenters. The van der Waals surface area contributed by atoms with Crippen LogP contribution < -0.4 is 4.74 Å². The molecule has 32 heavy (non-hydrogen) atoms. The van der Waals surface area contributed by atoms with Gasteiger partial charge in [0, 0.05) is 25.4 Å². The van der Waals surface area contributed by atoms with Crippen molar-refractivity contribution in [3.05, 3.63) is 78.0 Å². The number of benzene rings is 1. The maximum absolute atomic E-state index is 13.5. The maximum atomic E-state index is 13.5. The van der Waals surface area contributed by atoms with Gasteiger partial charge in [-0.1, -0.05) is 0 Å². The van der Waals surface area contributed by atoms with Crippen molar-refractivity contribution in [2.24, 2.45) is 12.1 Å². The molecule has 0 spiro atoms. The standard InChI is InChI=1S/C25H28N4O3/c1-27-13-3-6-21(27)22-7-4-14-28(22)17-25(30)29-23(24-8-5-15-32-24)16-20(26-29)18-9-11-19(31-2)12-10-18/h3,5-6,8-13,15,22-23H,4,7,14,16-17H2,1-2H3/t22-,23+/m0/s1. The van der Waals surface area contributed by atoms with Crippen molar-refractivity contribution < 1.29 is 13.9 Å². The Morgan fingerprint density at radius 3 is 2.69 bits per heavy atom. The Balaban J connectivity index is 1.39. The lowest BCUT2D eigenvalue weighted by Gasteiger charge is -2.27. The number of hydrogen-bond donors (Lipinski definition) is 0. The number of furan rings is 1. The van der Waals surface area contributed by atoms with Gasteiger partial charge in [-0.2, -0.15) is 5.10 Å². The molecule has 2 atom stereocenters. The molecule has 7 nitrogen and oxygen atoms in total. The lowest BCUT2D eigenvalue weighted by Crippen LogP contribution is -2.38. The summed E-state index contributed by atoms with van der Waals surface area (Å²) in [6.07, 6.45) is 6.48. The minimum atomic E-state index is -0.231. The van der Waals surface area contributed by atoms with Crippen molar-refractivity contribution in [3.8, 4) is 5.75 Å². The first-order chi connectivity index (χ1) is 15.6. The van der Waals surface area contributed by atoms with Crippen molar-refractivity contribution in [1.29, 1.82) is 0 Å². The number of aromatic nitrogens is 1. The van der Waals surface area contributed by atoms with E-state index in [9.17, 15) is 4.79 Å². The van der Waals surface area contributed by atoms with Crippen LogP contribution in [0, 0.1) is 0 Å². The van der Waals surface area contributed by atoms with Gasteiger partial charge in [-0.3, -0.25) is 9.69 Å². The maximum Gasteiger partial charge on any atom is 0.257 e. The average Bonchev–Trinajstić information content (AvgIpc) is 3.60. The third-order valence-corrected chi connectivity index (χ3v) is 6.49. The predicted molar refractivity (Wildman–Crippen MR) is 121 cm³/mol. The van der Waals surface area contributed by atoms with Crippen LogP contribution in [0.25, 0.3) is 0 Å². The zero-order chi connectivity index (χ0) is 22.1. The van der Waals surface area contributed by atoms with Gasteiger partial charge in [0.2, 0.25) is 0 Å². The molecule has 7 heteroatoms. The number of methoxy groups -OCH3 is 1. The van der Waals surface area contributed by atoms with E-state index >= 15 is 0 Å². The van der Waals surface area contributed by atoms with Gasteiger partial charge in [0.1, 0.15) is 17.6 Å². The highest BCUT2D eigenvalue weighted by Crippen LogP contribution is 2.35. The number of ether oxygens (including phenoxy) is 1. The van der Waals surface area contributed by atoms with E-state index in [1.165, 1.54) is 5.69 Å². The van der Waals surface area contributed by atoms with Crippen LogP contribution >= 0.6 is 0 Å². The Morgan fingerprint density at radius 1 is 1.16 bits per heavy atom. The number of hydrogen-bond acceptors (Lipinski definition) is 5. The van der Waals surface area contributed by atoms with E-state index in [0.717, 1.165) is 42.2 Å².